The zero-order valence-electron chi connectivity index (χ0n) is 15.3. The van der Waals surface area contributed by atoms with E-state index in [0.29, 0.717) is 12.2 Å². The molecule has 0 aliphatic rings. The Morgan fingerprint density at radius 3 is 2.65 bits per heavy atom. The molecule has 0 spiro atoms. The van der Waals surface area contributed by atoms with Crippen molar-refractivity contribution in [1.82, 2.24) is 19.9 Å². The van der Waals surface area contributed by atoms with Crippen molar-refractivity contribution in [3.05, 3.63) is 60.2 Å². The van der Waals surface area contributed by atoms with E-state index in [-0.39, 0.29) is 5.91 Å². The summed E-state index contributed by atoms with van der Waals surface area (Å²) in [6, 6.07) is 13.5. The Balaban J connectivity index is 1.70. The normalized spacial score (nSPS) is 11.0. The van der Waals surface area contributed by atoms with Crippen molar-refractivity contribution in [2.75, 3.05) is 0 Å². The van der Waals surface area contributed by atoms with Gasteiger partial charge < -0.3 is 9.88 Å². The molecule has 1 amide bonds. The van der Waals surface area contributed by atoms with Crippen LogP contribution in [0.1, 0.15) is 55.3 Å². The van der Waals surface area contributed by atoms with Gasteiger partial charge in [-0.1, -0.05) is 50.8 Å². The molecule has 0 saturated carbocycles. The molecule has 0 aliphatic carbocycles. The summed E-state index contributed by atoms with van der Waals surface area (Å²) in [4.78, 5) is 21.1. The van der Waals surface area contributed by atoms with E-state index in [1.807, 2.05) is 24.3 Å². The van der Waals surface area contributed by atoms with Gasteiger partial charge in [0, 0.05) is 12.7 Å². The maximum absolute atomic E-state index is 12.3. The number of carbonyl (C=O) groups is 1. The first-order valence-electron chi connectivity index (χ1n) is 9.43. The fourth-order valence-corrected chi connectivity index (χ4v) is 3.13. The minimum Gasteiger partial charge on any atom is -0.343 e. The Morgan fingerprint density at radius 2 is 1.85 bits per heavy atom. The molecule has 136 valence electrons. The van der Waals surface area contributed by atoms with Gasteiger partial charge in [-0.3, -0.25) is 9.78 Å². The Morgan fingerprint density at radius 1 is 1.04 bits per heavy atom. The van der Waals surface area contributed by atoms with E-state index in [9.17, 15) is 4.79 Å². The van der Waals surface area contributed by atoms with Crippen molar-refractivity contribution < 1.29 is 4.79 Å². The van der Waals surface area contributed by atoms with Gasteiger partial charge in [0.2, 0.25) is 0 Å². The van der Waals surface area contributed by atoms with E-state index < -0.39 is 0 Å². The molecule has 0 saturated heterocycles. The molecule has 5 nitrogen and oxygen atoms in total. The highest BCUT2D eigenvalue weighted by Gasteiger charge is 2.12. The number of para-hydroxylation sites is 2. The molecule has 3 aromatic rings. The predicted molar refractivity (Wildman–Crippen MR) is 104 cm³/mol. The lowest BCUT2D eigenvalue weighted by Crippen LogP contribution is -2.25. The van der Waals surface area contributed by atoms with Gasteiger partial charge in [-0.25, -0.2) is 4.98 Å². The molecule has 0 bridgehead atoms. The SMILES string of the molecule is CCCCCCCn1c(CNC(=O)c2ccccn2)nc2ccccc21. The highest BCUT2D eigenvalue weighted by molar-refractivity contribution is 5.92. The average molecular weight is 350 g/mol. The van der Waals surface area contributed by atoms with Crippen LogP contribution in [0.3, 0.4) is 0 Å². The highest BCUT2D eigenvalue weighted by atomic mass is 16.1. The molecule has 3 rings (SSSR count). The molecule has 0 aliphatic heterocycles. The van der Waals surface area contributed by atoms with E-state index in [2.05, 4.69) is 27.9 Å². The summed E-state index contributed by atoms with van der Waals surface area (Å²) in [5.41, 5.74) is 2.53. The van der Waals surface area contributed by atoms with E-state index in [4.69, 9.17) is 4.98 Å². The monoisotopic (exact) mass is 350 g/mol. The maximum Gasteiger partial charge on any atom is 0.270 e. The third-order valence-electron chi connectivity index (χ3n) is 4.52. The molecule has 0 fully saturated rings. The number of nitrogens with one attached hydrogen (secondary N) is 1. The lowest BCUT2D eigenvalue weighted by Gasteiger charge is -2.10. The van der Waals surface area contributed by atoms with Crippen LogP contribution >= 0.6 is 0 Å². The van der Waals surface area contributed by atoms with Crippen molar-refractivity contribution >= 4 is 16.9 Å². The first kappa shape index (κ1) is 18.1. The van der Waals surface area contributed by atoms with Crippen molar-refractivity contribution in [3.63, 3.8) is 0 Å². The van der Waals surface area contributed by atoms with E-state index in [1.54, 1.807) is 18.3 Å². The third-order valence-corrected chi connectivity index (χ3v) is 4.52. The van der Waals surface area contributed by atoms with Crippen LogP contribution < -0.4 is 5.32 Å². The molecule has 1 N–H and O–H groups in total. The van der Waals surface area contributed by atoms with Gasteiger partial charge in [0.25, 0.3) is 5.91 Å². The molecule has 26 heavy (non-hydrogen) atoms. The molecule has 2 aromatic heterocycles. The number of aryl methyl sites for hydroxylation is 1. The van der Waals surface area contributed by atoms with Gasteiger partial charge in [-0.2, -0.15) is 0 Å². The van der Waals surface area contributed by atoms with Gasteiger partial charge in [-0.15, -0.1) is 0 Å². The van der Waals surface area contributed by atoms with Gasteiger partial charge in [0.05, 0.1) is 17.6 Å². The summed E-state index contributed by atoms with van der Waals surface area (Å²) in [5.74, 6) is 0.720. The summed E-state index contributed by atoms with van der Waals surface area (Å²) < 4.78 is 2.24. The van der Waals surface area contributed by atoms with Crippen LogP contribution in [0.5, 0.6) is 0 Å². The van der Waals surface area contributed by atoms with Crippen molar-refractivity contribution in [2.45, 2.75) is 52.1 Å². The number of nitrogens with zero attached hydrogens (tertiary/aromatic N) is 3. The molecular weight excluding hydrogens is 324 g/mol. The second-order valence-corrected chi connectivity index (χ2v) is 6.48. The molecule has 5 heteroatoms. The van der Waals surface area contributed by atoms with Gasteiger partial charge >= 0.3 is 0 Å². The summed E-state index contributed by atoms with van der Waals surface area (Å²) in [6.07, 6.45) is 7.79. The molecule has 0 atom stereocenters. The Labute approximate surface area is 154 Å². The predicted octanol–water partition coefficient (Wildman–Crippen LogP) is 4.33. The second-order valence-electron chi connectivity index (χ2n) is 6.48. The summed E-state index contributed by atoms with van der Waals surface area (Å²) in [7, 11) is 0. The van der Waals surface area contributed by atoms with Gasteiger partial charge in [0.15, 0.2) is 0 Å². The smallest absolute Gasteiger partial charge is 0.270 e. The van der Waals surface area contributed by atoms with E-state index in [0.717, 1.165) is 29.8 Å². The van der Waals surface area contributed by atoms with Crippen LogP contribution in [0.4, 0.5) is 0 Å². The first-order valence-corrected chi connectivity index (χ1v) is 9.43. The zero-order chi connectivity index (χ0) is 18.2. The largest absolute Gasteiger partial charge is 0.343 e. The van der Waals surface area contributed by atoms with Crippen LogP contribution in [-0.4, -0.2) is 20.4 Å². The van der Waals surface area contributed by atoms with Crippen molar-refractivity contribution in [3.8, 4) is 0 Å². The Bertz CT molecular complexity index is 842. The minimum atomic E-state index is -0.174. The molecule has 2 heterocycles. The van der Waals surface area contributed by atoms with Crippen LogP contribution in [-0.2, 0) is 13.1 Å². The lowest BCUT2D eigenvalue weighted by atomic mass is 10.1. The number of fused-ring (bicyclic) bond motifs is 1. The average Bonchev–Trinajstić information content (AvgIpc) is 3.04. The first-order chi connectivity index (χ1) is 12.8. The second kappa shape index (κ2) is 9.13. The number of rotatable bonds is 9. The van der Waals surface area contributed by atoms with Crippen LogP contribution in [0.15, 0.2) is 48.7 Å². The molecule has 0 unspecified atom stereocenters. The molecular formula is C21H26N4O. The van der Waals surface area contributed by atoms with E-state index >= 15 is 0 Å². The number of hydrogen-bond donors (Lipinski definition) is 1. The van der Waals surface area contributed by atoms with Crippen LogP contribution in [0.25, 0.3) is 11.0 Å². The Kier molecular flexibility index (Phi) is 6.36. The van der Waals surface area contributed by atoms with Crippen molar-refractivity contribution in [2.24, 2.45) is 0 Å². The van der Waals surface area contributed by atoms with E-state index in [1.165, 1.54) is 25.7 Å². The minimum absolute atomic E-state index is 0.174. The topological polar surface area (TPSA) is 59.8 Å². The lowest BCUT2D eigenvalue weighted by molar-refractivity contribution is 0.0944. The fourth-order valence-electron chi connectivity index (χ4n) is 3.13. The fraction of sp³-hybridized carbons (Fsp3) is 0.381. The summed E-state index contributed by atoms with van der Waals surface area (Å²) >= 11 is 0. The molecule has 1 aromatic carbocycles. The number of benzene rings is 1. The molecule has 0 radical (unpaired) electrons. The number of amides is 1. The highest BCUT2D eigenvalue weighted by Crippen LogP contribution is 2.17. The summed E-state index contributed by atoms with van der Waals surface area (Å²) in [5, 5.41) is 2.94. The summed E-state index contributed by atoms with van der Waals surface area (Å²) in [6.45, 7) is 3.56. The number of hydrogen-bond acceptors (Lipinski definition) is 3. The number of carbonyl (C=O) groups excluding carboxylic acids is 1. The van der Waals surface area contributed by atoms with Crippen LogP contribution in [0, 0.1) is 0 Å². The number of pyridine rings is 1. The zero-order valence-corrected chi connectivity index (χ0v) is 15.3. The van der Waals surface area contributed by atoms with Crippen LogP contribution in [0.2, 0.25) is 0 Å². The third kappa shape index (κ3) is 4.48. The maximum atomic E-state index is 12.3. The number of aromatic nitrogens is 3. The number of unbranched alkanes of at least 4 members (excludes halogenated alkanes) is 4. The quantitative estimate of drug-likeness (QED) is 0.584. The Hall–Kier alpha value is -2.69. The number of imidazole rings is 1. The standard InChI is InChI=1S/C21H26N4O/c1-2-3-4-5-10-15-25-19-13-7-6-11-17(19)24-20(25)16-23-21(26)18-12-8-9-14-22-18/h6-9,11-14H,2-5,10,15-16H2,1H3,(H,23,26). The van der Waals surface area contributed by atoms with Gasteiger partial charge in [0.1, 0.15) is 11.5 Å². The van der Waals surface area contributed by atoms with Gasteiger partial charge in [-0.05, 0) is 30.7 Å². The van der Waals surface area contributed by atoms with Crippen molar-refractivity contribution in [1.29, 1.82) is 0 Å².